The third kappa shape index (κ3) is 4.63. The maximum Gasteiger partial charge on any atom is 0.229 e. The van der Waals surface area contributed by atoms with Gasteiger partial charge in [0.15, 0.2) is 5.65 Å². The van der Waals surface area contributed by atoms with E-state index in [1.165, 1.54) is 0 Å². The van der Waals surface area contributed by atoms with Gasteiger partial charge in [-0.1, -0.05) is 0 Å². The standard InChI is InChI=1S/C26H33N5O4/c1-17-16-35-12-11-30(17)25-21-7-8-22(18-6-9-23(34-2)19(13-18)14-32)27-24(21)28-26(29-25)31-10-4-3-5-20(31)15-33/h6-9,13,17,20,32-33H,3-5,10-12,14-16H2,1-2H3/t17-,20?/m0/s1. The lowest BCUT2D eigenvalue weighted by atomic mass is 10.0. The van der Waals surface area contributed by atoms with Gasteiger partial charge < -0.3 is 29.5 Å². The van der Waals surface area contributed by atoms with Gasteiger partial charge in [-0.25, -0.2) is 4.98 Å². The van der Waals surface area contributed by atoms with Crippen LogP contribution in [0.15, 0.2) is 30.3 Å². The molecule has 2 saturated heterocycles. The van der Waals surface area contributed by atoms with Gasteiger partial charge in [-0.2, -0.15) is 9.97 Å². The van der Waals surface area contributed by atoms with Crippen molar-refractivity contribution in [2.75, 3.05) is 49.8 Å². The first-order valence-electron chi connectivity index (χ1n) is 12.3. The molecule has 0 spiro atoms. The van der Waals surface area contributed by atoms with Crippen molar-refractivity contribution in [1.29, 1.82) is 0 Å². The average Bonchev–Trinajstić information content (AvgIpc) is 2.92. The van der Waals surface area contributed by atoms with Gasteiger partial charge in [0.2, 0.25) is 5.95 Å². The highest BCUT2D eigenvalue weighted by atomic mass is 16.5. The van der Waals surface area contributed by atoms with E-state index in [-0.39, 0.29) is 25.3 Å². The summed E-state index contributed by atoms with van der Waals surface area (Å²) in [4.78, 5) is 19.3. The fourth-order valence-electron chi connectivity index (χ4n) is 5.05. The number of aliphatic hydroxyl groups is 2. The molecule has 0 saturated carbocycles. The maximum absolute atomic E-state index is 10.0. The molecular formula is C26H33N5O4. The molecule has 0 aliphatic carbocycles. The van der Waals surface area contributed by atoms with Crippen molar-refractivity contribution in [1.82, 2.24) is 15.0 Å². The molecule has 1 aromatic carbocycles. The number of hydrogen-bond acceptors (Lipinski definition) is 9. The Bertz CT molecular complexity index is 1190. The summed E-state index contributed by atoms with van der Waals surface area (Å²) in [5, 5.41) is 20.7. The number of pyridine rings is 1. The molecule has 4 heterocycles. The third-order valence-electron chi connectivity index (χ3n) is 7.01. The van der Waals surface area contributed by atoms with E-state index < -0.39 is 0 Å². The molecule has 1 unspecified atom stereocenters. The van der Waals surface area contributed by atoms with Crippen molar-refractivity contribution >= 4 is 22.8 Å². The Balaban J connectivity index is 1.64. The largest absolute Gasteiger partial charge is 0.496 e. The zero-order valence-electron chi connectivity index (χ0n) is 20.4. The molecule has 0 radical (unpaired) electrons. The van der Waals surface area contributed by atoms with Gasteiger partial charge in [0, 0.05) is 24.2 Å². The second kappa shape index (κ2) is 10.3. The first-order chi connectivity index (χ1) is 17.1. The SMILES string of the molecule is COc1ccc(-c2ccc3c(N4CCOC[C@@H]4C)nc(N4CCCCC4CO)nc3n2)cc1CO. The zero-order valence-corrected chi connectivity index (χ0v) is 20.4. The second-order valence-corrected chi connectivity index (χ2v) is 9.24. The minimum atomic E-state index is -0.118. The third-order valence-corrected chi connectivity index (χ3v) is 7.01. The van der Waals surface area contributed by atoms with Gasteiger partial charge in [0.05, 0.1) is 56.7 Å². The molecule has 2 aliphatic heterocycles. The number of fused-ring (bicyclic) bond motifs is 1. The van der Waals surface area contributed by atoms with Crippen molar-refractivity contribution in [3.05, 3.63) is 35.9 Å². The van der Waals surface area contributed by atoms with E-state index in [2.05, 4.69) is 16.7 Å². The van der Waals surface area contributed by atoms with Crippen LogP contribution in [0.5, 0.6) is 5.75 Å². The quantitative estimate of drug-likeness (QED) is 0.552. The number of morpholine rings is 1. The number of aromatic nitrogens is 3. The molecule has 5 rings (SSSR count). The summed E-state index contributed by atoms with van der Waals surface area (Å²) in [6.07, 6.45) is 3.06. The molecule has 9 heteroatoms. The van der Waals surface area contributed by atoms with E-state index in [9.17, 15) is 10.2 Å². The van der Waals surface area contributed by atoms with Crippen LogP contribution in [0.4, 0.5) is 11.8 Å². The van der Waals surface area contributed by atoms with Crippen molar-refractivity contribution < 1.29 is 19.7 Å². The monoisotopic (exact) mass is 479 g/mol. The van der Waals surface area contributed by atoms with Crippen molar-refractivity contribution in [2.45, 2.75) is 44.9 Å². The molecule has 3 aromatic rings. The molecule has 2 fully saturated rings. The molecule has 2 aromatic heterocycles. The molecule has 9 nitrogen and oxygen atoms in total. The highest BCUT2D eigenvalue weighted by molar-refractivity contribution is 5.90. The number of hydrogen-bond donors (Lipinski definition) is 2. The summed E-state index contributed by atoms with van der Waals surface area (Å²) in [5.41, 5.74) is 2.96. The highest BCUT2D eigenvalue weighted by Crippen LogP contribution is 2.33. The fourth-order valence-corrected chi connectivity index (χ4v) is 5.05. The number of aliphatic hydroxyl groups excluding tert-OH is 2. The molecule has 35 heavy (non-hydrogen) atoms. The van der Waals surface area contributed by atoms with E-state index >= 15 is 0 Å². The summed E-state index contributed by atoms with van der Waals surface area (Å²) >= 11 is 0. The first kappa shape index (κ1) is 23.7. The van der Waals surface area contributed by atoms with E-state index in [0.717, 1.165) is 54.8 Å². The Labute approximate surface area is 205 Å². The number of piperidine rings is 1. The van der Waals surface area contributed by atoms with Gasteiger partial charge in [0.25, 0.3) is 0 Å². The summed E-state index contributed by atoms with van der Waals surface area (Å²) in [5.74, 6) is 2.11. The van der Waals surface area contributed by atoms with Crippen molar-refractivity contribution in [3.8, 4) is 17.0 Å². The van der Waals surface area contributed by atoms with E-state index in [1.807, 2.05) is 30.3 Å². The van der Waals surface area contributed by atoms with Crippen LogP contribution in [0.1, 0.15) is 31.7 Å². The maximum atomic E-state index is 10.0. The zero-order chi connectivity index (χ0) is 24.4. The van der Waals surface area contributed by atoms with Crippen LogP contribution >= 0.6 is 0 Å². The molecule has 2 N–H and O–H groups in total. The summed E-state index contributed by atoms with van der Waals surface area (Å²) in [6.45, 7) is 4.95. The Morgan fingerprint density at radius 2 is 1.94 bits per heavy atom. The van der Waals surface area contributed by atoms with E-state index in [1.54, 1.807) is 7.11 Å². The first-order valence-corrected chi connectivity index (χ1v) is 12.3. The van der Waals surface area contributed by atoms with Crippen molar-refractivity contribution in [2.24, 2.45) is 0 Å². The van der Waals surface area contributed by atoms with Gasteiger partial charge in [-0.15, -0.1) is 0 Å². The second-order valence-electron chi connectivity index (χ2n) is 9.24. The molecular weight excluding hydrogens is 446 g/mol. The molecule has 2 atom stereocenters. The predicted molar refractivity (Wildman–Crippen MR) is 135 cm³/mol. The number of methoxy groups -OCH3 is 1. The van der Waals surface area contributed by atoms with Crippen molar-refractivity contribution in [3.63, 3.8) is 0 Å². The minimum absolute atomic E-state index is 0.00745. The molecule has 2 aliphatic rings. The van der Waals surface area contributed by atoms with Crippen LogP contribution in [-0.4, -0.2) is 77.3 Å². The molecule has 186 valence electrons. The normalized spacial score (nSPS) is 20.9. The number of anilines is 2. The lowest BCUT2D eigenvalue weighted by Crippen LogP contribution is -2.45. The van der Waals surface area contributed by atoms with Crippen LogP contribution < -0.4 is 14.5 Å². The molecule has 0 amide bonds. The Morgan fingerprint density at radius 3 is 2.71 bits per heavy atom. The van der Waals surface area contributed by atoms with Gasteiger partial charge in [-0.05, 0) is 56.5 Å². The highest BCUT2D eigenvalue weighted by Gasteiger charge is 2.28. The van der Waals surface area contributed by atoms with Crippen LogP contribution in [0.3, 0.4) is 0 Å². The van der Waals surface area contributed by atoms with Crippen LogP contribution in [-0.2, 0) is 11.3 Å². The summed E-state index contributed by atoms with van der Waals surface area (Å²) in [7, 11) is 1.59. The topological polar surface area (TPSA) is 104 Å². The minimum Gasteiger partial charge on any atom is -0.496 e. The predicted octanol–water partition coefficient (Wildman–Crippen LogP) is 2.77. The number of rotatable bonds is 6. The summed E-state index contributed by atoms with van der Waals surface area (Å²) < 4.78 is 11.0. The van der Waals surface area contributed by atoms with Crippen LogP contribution in [0, 0.1) is 0 Å². The Kier molecular flexibility index (Phi) is 6.99. The number of nitrogens with zero attached hydrogens (tertiary/aromatic N) is 5. The Hall–Kier alpha value is -3.01. The van der Waals surface area contributed by atoms with E-state index in [0.29, 0.717) is 36.1 Å². The van der Waals surface area contributed by atoms with Gasteiger partial charge >= 0.3 is 0 Å². The lowest BCUT2D eigenvalue weighted by Gasteiger charge is -2.37. The van der Waals surface area contributed by atoms with Crippen LogP contribution in [0.25, 0.3) is 22.3 Å². The van der Waals surface area contributed by atoms with E-state index in [4.69, 9.17) is 24.4 Å². The number of ether oxygens (including phenoxy) is 2. The average molecular weight is 480 g/mol. The van der Waals surface area contributed by atoms with Crippen LogP contribution in [0.2, 0.25) is 0 Å². The Morgan fingerprint density at radius 1 is 1.06 bits per heavy atom. The molecule has 0 bridgehead atoms. The van der Waals surface area contributed by atoms with Gasteiger partial charge in [0.1, 0.15) is 11.6 Å². The number of benzene rings is 1. The smallest absolute Gasteiger partial charge is 0.229 e. The lowest BCUT2D eigenvalue weighted by molar-refractivity contribution is 0.0987. The summed E-state index contributed by atoms with van der Waals surface area (Å²) in [6, 6.07) is 9.87. The van der Waals surface area contributed by atoms with Gasteiger partial charge in [-0.3, -0.25) is 0 Å². The fraction of sp³-hybridized carbons (Fsp3) is 0.500.